The van der Waals surface area contributed by atoms with Gasteiger partial charge in [0, 0.05) is 28.7 Å². The van der Waals surface area contributed by atoms with Crippen LogP contribution in [0.2, 0.25) is 0 Å². The molecule has 156 valence electrons. The van der Waals surface area contributed by atoms with Gasteiger partial charge in [-0.05, 0) is 34.9 Å². The van der Waals surface area contributed by atoms with Crippen LogP contribution >= 0.6 is 22.7 Å². The van der Waals surface area contributed by atoms with E-state index in [1.165, 1.54) is 0 Å². The molecule has 3 fully saturated rings. The Hall–Kier alpha value is -2.06. The van der Waals surface area contributed by atoms with E-state index < -0.39 is 5.60 Å². The second kappa shape index (κ2) is 7.57. The molecule has 3 aliphatic heterocycles. The van der Waals surface area contributed by atoms with E-state index in [0.717, 1.165) is 52.3 Å². The molecule has 3 aromatic rings. The summed E-state index contributed by atoms with van der Waals surface area (Å²) in [5.41, 5.74) is 0.0263. The van der Waals surface area contributed by atoms with Gasteiger partial charge in [0.25, 0.3) is 5.69 Å². The molecule has 0 spiro atoms. The Bertz CT molecular complexity index is 990. The number of piperidine rings is 3. The summed E-state index contributed by atoms with van der Waals surface area (Å²) >= 11 is 3.24. The molecule has 5 heterocycles. The van der Waals surface area contributed by atoms with Gasteiger partial charge in [-0.15, -0.1) is 22.7 Å². The molecule has 6 rings (SSSR count). The molecule has 30 heavy (non-hydrogen) atoms. The van der Waals surface area contributed by atoms with Crippen LogP contribution in [0.5, 0.6) is 0 Å². The van der Waals surface area contributed by atoms with Crippen molar-refractivity contribution in [1.82, 2.24) is 0 Å². The summed E-state index contributed by atoms with van der Waals surface area (Å²) in [5.74, 6) is 0.588. The quantitative estimate of drug-likeness (QED) is 0.332. The number of nitro groups is 1. The molecule has 1 atom stereocenters. The zero-order valence-electron chi connectivity index (χ0n) is 16.6. The normalized spacial score (nSPS) is 26.0. The number of aliphatic hydroxyl groups is 1. The number of nitrogens with zero attached hydrogens (tertiary/aromatic N) is 2. The molecule has 0 saturated carbocycles. The van der Waals surface area contributed by atoms with Gasteiger partial charge in [0.15, 0.2) is 0 Å². The van der Waals surface area contributed by atoms with Crippen LogP contribution in [-0.2, 0) is 12.1 Å². The summed E-state index contributed by atoms with van der Waals surface area (Å²) in [6, 6.07) is 15.3. The minimum absolute atomic E-state index is 0.111. The van der Waals surface area contributed by atoms with E-state index in [1.54, 1.807) is 34.8 Å². The van der Waals surface area contributed by atoms with E-state index in [4.69, 9.17) is 0 Å². The molecule has 1 unspecified atom stereocenters. The molecular formula is C23H25N2O3S2+. The Balaban J connectivity index is 1.52. The molecule has 7 heteroatoms. The first-order valence-electron chi connectivity index (χ1n) is 10.4. The maximum Gasteiger partial charge on any atom is 0.278 e. The second-order valence-corrected chi connectivity index (χ2v) is 10.6. The topological polar surface area (TPSA) is 63.4 Å². The van der Waals surface area contributed by atoms with Gasteiger partial charge in [0.1, 0.15) is 12.1 Å². The van der Waals surface area contributed by atoms with Crippen molar-refractivity contribution >= 4 is 28.4 Å². The lowest BCUT2D eigenvalue weighted by atomic mass is 9.67. The Morgan fingerprint density at radius 1 is 1.03 bits per heavy atom. The molecule has 0 aliphatic carbocycles. The first-order chi connectivity index (χ1) is 14.5. The van der Waals surface area contributed by atoms with Gasteiger partial charge in [-0.1, -0.05) is 24.3 Å². The van der Waals surface area contributed by atoms with E-state index in [9.17, 15) is 15.2 Å². The minimum Gasteiger partial charge on any atom is -0.378 e. The van der Waals surface area contributed by atoms with Crippen molar-refractivity contribution in [2.75, 3.05) is 19.6 Å². The molecule has 2 aromatic heterocycles. The van der Waals surface area contributed by atoms with Gasteiger partial charge in [-0.3, -0.25) is 10.1 Å². The fraction of sp³-hybridized carbons (Fsp3) is 0.391. The van der Waals surface area contributed by atoms with E-state index in [2.05, 4.69) is 0 Å². The van der Waals surface area contributed by atoms with Gasteiger partial charge in [-0.25, -0.2) is 0 Å². The molecule has 3 aliphatic rings. The highest BCUT2D eigenvalue weighted by Gasteiger charge is 2.56. The lowest BCUT2D eigenvalue weighted by molar-refractivity contribution is -0.960. The van der Waals surface area contributed by atoms with Crippen molar-refractivity contribution in [3.05, 3.63) is 84.7 Å². The molecule has 0 radical (unpaired) electrons. The third kappa shape index (κ3) is 3.21. The van der Waals surface area contributed by atoms with Gasteiger partial charge in [-0.2, -0.15) is 0 Å². The van der Waals surface area contributed by atoms with Crippen molar-refractivity contribution in [2.45, 2.75) is 25.0 Å². The number of hydrogen-bond donors (Lipinski definition) is 1. The summed E-state index contributed by atoms with van der Waals surface area (Å²) in [5, 5.41) is 27.8. The van der Waals surface area contributed by atoms with Gasteiger partial charge in [0.2, 0.25) is 0 Å². The molecule has 3 saturated heterocycles. The van der Waals surface area contributed by atoms with E-state index >= 15 is 0 Å². The number of hydrogen-bond acceptors (Lipinski definition) is 5. The highest BCUT2D eigenvalue weighted by atomic mass is 32.1. The van der Waals surface area contributed by atoms with Gasteiger partial charge < -0.3 is 9.59 Å². The van der Waals surface area contributed by atoms with Crippen molar-refractivity contribution in [1.29, 1.82) is 0 Å². The molecule has 1 N–H and O–H groups in total. The number of rotatable bonds is 6. The Kier molecular flexibility index (Phi) is 5.01. The number of para-hydroxylation sites is 1. The lowest BCUT2D eigenvalue weighted by Crippen LogP contribution is -2.64. The Labute approximate surface area is 184 Å². The summed E-state index contributed by atoms with van der Waals surface area (Å²) < 4.78 is 0.824. The van der Waals surface area contributed by atoms with Crippen molar-refractivity contribution in [3.8, 4) is 0 Å². The third-order valence-corrected chi connectivity index (χ3v) is 9.11. The van der Waals surface area contributed by atoms with Crippen molar-refractivity contribution in [3.63, 3.8) is 0 Å². The Morgan fingerprint density at radius 3 is 2.23 bits per heavy atom. The minimum atomic E-state index is -0.986. The first-order valence-corrected chi connectivity index (χ1v) is 12.2. The van der Waals surface area contributed by atoms with E-state index in [1.807, 2.05) is 47.2 Å². The lowest BCUT2D eigenvalue weighted by Gasteiger charge is -2.56. The van der Waals surface area contributed by atoms with E-state index in [0.29, 0.717) is 12.5 Å². The van der Waals surface area contributed by atoms with Crippen LogP contribution in [-0.4, -0.2) is 34.1 Å². The van der Waals surface area contributed by atoms with Gasteiger partial charge >= 0.3 is 0 Å². The number of quaternary nitrogens is 1. The van der Waals surface area contributed by atoms with E-state index in [-0.39, 0.29) is 16.5 Å². The van der Waals surface area contributed by atoms with Crippen LogP contribution in [0.3, 0.4) is 0 Å². The zero-order chi connectivity index (χ0) is 20.8. The van der Waals surface area contributed by atoms with Crippen LogP contribution in [0.1, 0.15) is 28.2 Å². The van der Waals surface area contributed by atoms with Crippen LogP contribution in [0.4, 0.5) is 5.69 Å². The first kappa shape index (κ1) is 19.9. The third-order valence-electron chi connectivity index (χ3n) is 7.13. The fourth-order valence-corrected chi connectivity index (χ4v) is 7.51. The average molecular weight is 442 g/mol. The standard InChI is InChI=1S/C23H25N2O3S2/c26-23(21-7-3-13-29-21,22-8-4-14-30-22)19-16-25(11-9-17(19)10-12-25)15-18-5-1-2-6-20(18)24(27)28/h1-8,13-14,17,19,26H,9-12,15-16H2/q+1. The van der Waals surface area contributed by atoms with Crippen LogP contribution in [0, 0.1) is 22.0 Å². The number of benzene rings is 1. The molecule has 1 aromatic carbocycles. The fourth-order valence-electron chi connectivity index (χ4n) is 5.64. The number of nitro benzene ring substituents is 1. The highest BCUT2D eigenvalue weighted by Crippen LogP contribution is 2.51. The monoisotopic (exact) mass is 441 g/mol. The SMILES string of the molecule is O=[N+]([O-])c1ccccc1C[N+]12CCC(CC1)C(C(O)(c1cccs1)c1cccs1)C2. The van der Waals surface area contributed by atoms with Crippen LogP contribution < -0.4 is 0 Å². The Morgan fingerprint density at radius 2 is 1.67 bits per heavy atom. The van der Waals surface area contributed by atoms with Gasteiger partial charge in [0.05, 0.1) is 36.0 Å². The summed E-state index contributed by atoms with van der Waals surface area (Å²) in [4.78, 5) is 13.3. The maximum atomic E-state index is 12.2. The molecular weight excluding hydrogens is 416 g/mol. The largest absolute Gasteiger partial charge is 0.378 e. The maximum absolute atomic E-state index is 12.2. The number of fused-ring (bicyclic) bond motifs is 3. The smallest absolute Gasteiger partial charge is 0.278 e. The molecule has 2 bridgehead atoms. The molecule has 0 amide bonds. The predicted octanol–water partition coefficient (Wildman–Crippen LogP) is 5.01. The van der Waals surface area contributed by atoms with Crippen LogP contribution in [0.25, 0.3) is 0 Å². The summed E-state index contributed by atoms with van der Waals surface area (Å²) in [7, 11) is 0. The number of thiophene rings is 2. The zero-order valence-corrected chi connectivity index (χ0v) is 18.3. The van der Waals surface area contributed by atoms with Crippen LogP contribution in [0.15, 0.2) is 59.3 Å². The van der Waals surface area contributed by atoms with Crippen molar-refractivity contribution < 1.29 is 14.5 Å². The summed E-state index contributed by atoms with van der Waals surface area (Å²) in [6.45, 7) is 3.56. The second-order valence-electron chi connectivity index (χ2n) is 8.68. The molecule has 5 nitrogen and oxygen atoms in total. The van der Waals surface area contributed by atoms with Crippen molar-refractivity contribution in [2.24, 2.45) is 11.8 Å². The predicted molar refractivity (Wildman–Crippen MR) is 120 cm³/mol. The summed E-state index contributed by atoms with van der Waals surface area (Å²) in [6.07, 6.45) is 2.12. The highest BCUT2D eigenvalue weighted by molar-refractivity contribution is 7.11. The average Bonchev–Trinajstić information content (AvgIpc) is 3.49.